The fourth-order valence-corrected chi connectivity index (χ4v) is 5.94. The van der Waals surface area contributed by atoms with Crippen molar-refractivity contribution in [2.24, 2.45) is 0 Å². The van der Waals surface area contributed by atoms with Gasteiger partial charge >= 0.3 is 12.1 Å². The van der Waals surface area contributed by atoms with Crippen molar-refractivity contribution in [2.45, 2.75) is 102 Å². The average Bonchev–Trinajstić information content (AvgIpc) is 3.30. The molecule has 1 fully saturated rings. The van der Waals surface area contributed by atoms with Crippen molar-refractivity contribution in [2.75, 3.05) is 13.7 Å². The Hall–Kier alpha value is -3.69. The molecule has 42 heavy (non-hydrogen) atoms. The minimum atomic E-state index is -0.892. The molecule has 1 saturated heterocycles. The van der Waals surface area contributed by atoms with Crippen LogP contribution in [0, 0.1) is 12.7 Å². The summed E-state index contributed by atoms with van der Waals surface area (Å²) in [4.78, 5) is 45.7. The number of para-hydroxylation sites is 1. The number of allylic oxidation sites excluding steroid dienone is 1. The van der Waals surface area contributed by atoms with E-state index in [0.717, 1.165) is 24.8 Å². The largest absolute Gasteiger partial charge is 0.483 e. The van der Waals surface area contributed by atoms with Crippen LogP contribution in [0.2, 0.25) is 0 Å². The first-order valence-electron chi connectivity index (χ1n) is 14.6. The molecule has 3 heterocycles. The van der Waals surface area contributed by atoms with E-state index < -0.39 is 41.2 Å². The zero-order chi connectivity index (χ0) is 30.7. The number of fused-ring (bicyclic) bond motifs is 3. The molecule has 228 valence electrons. The third kappa shape index (κ3) is 6.85. The molecule has 0 aliphatic carbocycles. The Morgan fingerprint density at radius 3 is 2.74 bits per heavy atom. The molecule has 0 unspecified atom stereocenters. The number of benzene rings is 1. The molecule has 10 heteroatoms. The number of halogens is 1. The second-order valence-corrected chi connectivity index (χ2v) is 12.3. The fourth-order valence-electron chi connectivity index (χ4n) is 5.94. The number of aromatic nitrogens is 1. The number of carbonyl (C=O) groups is 3. The lowest BCUT2D eigenvalue weighted by atomic mass is 9.87. The summed E-state index contributed by atoms with van der Waals surface area (Å²) in [7, 11) is 1.29. The van der Waals surface area contributed by atoms with Crippen molar-refractivity contribution >= 4 is 28.9 Å². The highest BCUT2D eigenvalue weighted by Gasteiger charge is 2.53. The second-order valence-electron chi connectivity index (χ2n) is 12.3. The van der Waals surface area contributed by atoms with E-state index in [-0.39, 0.29) is 18.9 Å². The Balaban J connectivity index is 1.61. The molecule has 0 saturated carbocycles. The normalized spacial score (nSPS) is 20.5. The van der Waals surface area contributed by atoms with Gasteiger partial charge in [-0.15, -0.1) is 6.58 Å². The van der Waals surface area contributed by atoms with Crippen LogP contribution in [-0.4, -0.2) is 64.8 Å². The predicted molar refractivity (Wildman–Crippen MR) is 157 cm³/mol. The summed E-state index contributed by atoms with van der Waals surface area (Å²) in [6.07, 6.45) is 6.19. The summed E-state index contributed by atoms with van der Waals surface area (Å²) in [5.74, 6) is -0.772. The number of esters is 1. The maximum atomic E-state index is 14.5. The molecule has 0 radical (unpaired) electrons. The number of alkyl carbamates (subject to hydrolysis) is 1. The lowest BCUT2D eigenvalue weighted by molar-refractivity contribution is -0.151. The molecular weight excluding hydrogens is 541 g/mol. The van der Waals surface area contributed by atoms with E-state index in [0.29, 0.717) is 48.0 Å². The smallest absolute Gasteiger partial charge is 0.408 e. The van der Waals surface area contributed by atoms with Crippen molar-refractivity contribution in [3.63, 3.8) is 0 Å². The average molecular weight is 584 g/mol. The van der Waals surface area contributed by atoms with Gasteiger partial charge in [-0.2, -0.15) is 0 Å². The van der Waals surface area contributed by atoms with Crippen LogP contribution in [0.5, 0.6) is 5.75 Å². The predicted octanol–water partition coefficient (Wildman–Crippen LogP) is 5.55. The molecule has 1 aromatic carbocycles. The van der Waals surface area contributed by atoms with Crippen molar-refractivity contribution < 1.29 is 33.0 Å². The number of amides is 2. The van der Waals surface area contributed by atoms with Crippen LogP contribution in [0.3, 0.4) is 0 Å². The van der Waals surface area contributed by atoms with Gasteiger partial charge in [0.1, 0.15) is 40.4 Å². The number of nitrogens with one attached hydrogen (secondary N) is 1. The standard InChI is InChI=1S/C32H42FN3O6/c1-7-8-9-10-11-15-24(35-30(39)42-31(3,4)5)28(37)36-19-32(18-25(36)29(38)40-6)17-16-22-21-13-12-14-23(33)26(21)34-20(2)27(22)41-32/h7,12-14,24-25H,1,8-11,15-19H2,2-6H3,(H,35,39)/t24-,25-,32-/m0/s1. The minimum Gasteiger partial charge on any atom is -0.483 e. The molecule has 2 aliphatic rings. The van der Waals surface area contributed by atoms with Crippen molar-refractivity contribution in [3.8, 4) is 5.75 Å². The monoisotopic (exact) mass is 583 g/mol. The van der Waals surface area contributed by atoms with Crippen molar-refractivity contribution in [1.82, 2.24) is 15.2 Å². The highest BCUT2D eigenvalue weighted by atomic mass is 19.1. The Morgan fingerprint density at radius 1 is 1.29 bits per heavy atom. The third-order valence-corrected chi connectivity index (χ3v) is 7.89. The van der Waals surface area contributed by atoms with Gasteiger partial charge in [-0.05, 0) is 65.9 Å². The Morgan fingerprint density at radius 2 is 2.05 bits per heavy atom. The van der Waals surface area contributed by atoms with E-state index in [1.807, 2.05) is 12.1 Å². The van der Waals surface area contributed by atoms with Gasteiger partial charge in [0.2, 0.25) is 5.91 Å². The van der Waals surface area contributed by atoms with Crippen molar-refractivity contribution in [1.29, 1.82) is 0 Å². The van der Waals surface area contributed by atoms with Crippen LogP contribution < -0.4 is 10.1 Å². The van der Waals surface area contributed by atoms with Gasteiger partial charge in [-0.1, -0.05) is 31.1 Å². The van der Waals surface area contributed by atoms with Gasteiger partial charge < -0.3 is 24.4 Å². The summed E-state index contributed by atoms with van der Waals surface area (Å²) in [6.45, 7) is 10.9. The van der Waals surface area contributed by atoms with Gasteiger partial charge in [-0.3, -0.25) is 4.79 Å². The molecule has 1 N–H and O–H groups in total. The number of pyridine rings is 1. The van der Waals surface area contributed by atoms with Crippen LogP contribution in [0.15, 0.2) is 30.9 Å². The van der Waals surface area contributed by atoms with E-state index in [1.54, 1.807) is 33.8 Å². The SMILES string of the molecule is C=CCCCCC[C@H](NC(=O)OC(C)(C)C)C(=O)N1C[C@]2(CCc3c(c(C)nc4c(F)cccc34)O2)C[C@H]1C(=O)OC. The van der Waals surface area contributed by atoms with Crippen LogP contribution in [0.1, 0.15) is 77.0 Å². The van der Waals surface area contributed by atoms with E-state index in [1.165, 1.54) is 18.1 Å². The molecule has 1 aromatic heterocycles. The first kappa shape index (κ1) is 31.3. The maximum Gasteiger partial charge on any atom is 0.408 e. The number of hydrogen-bond donors (Lipinski definition) is 1. The van der Waals surface area contributed by atoms with Crippen molar-refractivity contribution in [3.05, 3.63) is 47.9 Å². The second kappa shape index (κ2) is 12.7. The number of carbonyl (C=O) groups excluding carboxylic acids is 3. The van der Waals surface area contributed by atoms with E-state index in [9.17, 15) is 18.8 Å². The van der Waals surface area contributed by atoms with E-state index in [2.05, 4.69) is 16.9 Å². The zero-order valence-corrected chi connectivity index (χ0v) is 25.3. The van der Waals surface area contributed by atoms with Gasteiger partial charge in [0.05, 0.1) is 19.3 Å². The number of likely N-dealkylation sites (tertiary alicyclic amines) is 1. The van der Waals surface area contributed by atoms with Crippen LogP contribution in [0.25, 0.3) is 10.9 Å². The lowest BCUT2D eigenvalue weighted by Gasteiger charge is -2.36. The van der Waals surface area contributed by atoms with Crippen LogP contribution >= 0.6 is 0 Å². The summed E-state index contributed by atoms with van der Waals surface area (Å²) in [6, 6.07) is 3.08. The molecule has 9 nitrogen and oxygen atoms in total. The number of unbranched alkanes of at least 4 members (excludes halogenated alkanes) is 3. The lowest BCUT2D eigenvalue weighted by Crippen LogP contribution is -2.53. The molecule has 0 bridgehead atoms. The number of rotatable bonds is 9. The number of ether oxygens (including phenoxy) is 3. The van der Waals surface area contributed by atoms with Gasteiger partial charge in [0.25, 0.3) is 0 Å². The Kier molecular flexibility index (Phi) is 9.43. The van der Waals surface area contributed by atoms with E-state index >= 15 is 0 Å². The fraction of sp³-hybridized carbons (Fsp3) is 0.562. The number of methoxy groups -OCH3 is 1. The molecule has 2 aromatic rings. The van der Waals surface area contributed by atoms with E-state index in [4.69, 9.17) is 14.2 Å². The van der Waals surface area contributed by atoms with Crippen LogP contribution in [-0.2, 0) is 25.5 Å². The third-order valence-electron chi connectivity index (χ3n) is 7.89. The van der Waals surface area contributed by atoms with Gasteiger partial charge in [0, 0.05) is 17.4 Å². The summed E-state index contributed by atoms with van der Waals surface area (Å²) in [5, 5.41) is 3.44. The first-order chi connectivity index (χ1) is 19.9. The Labute approximate surface area is 246 Å². The van der Waals surface area contributed by atoms with Gasteiger partial charge in [-0.25, -0.2) is 19.0 Å². The Bertz CT molecular complexity index is 1360. The summed E-state index contributed by atoms with van der Waals surface area (Å²) in [5.41, 5.74) is 0.107. The quantitative estimate of drug-likeness (QED) is 0.234. The van der Waals surface area contributed by atoms with Crippen LogP contribution in [0.4, 0.5) is 9.18 Å². The summed E-state index contributed by atoms with van der Waals surface area (Å²) < 4.78 is 31.7. The number of hydrogen-bond acceptors (Lipinski definition) is 7. The molecule has 3 atom stereocenters. The molecule has 1 spiro atoms. The summed E-state index contributed by atoms with van der Waals surface area (Å²) >= 11 is 0. The van der Waals surface area contributed by atoms with Gasteiger partial charge in [0.15, 0.2) is 0 Å². The highest BCUT2D eigenvalue weighted by Crippen LogP contribution is 2.45. The maximum absolute atomic E-state index is 14.5. The topological polar surface area (TPSA) is 107 Å². The highest BCUT2D eigenvalue weighted by molar-refractivity contribution is 5.91. The molecule has 2 amide bonds. The minimum absolute atomic E-state index is 0.134. The number of nitrogens with zero attached hydrogens (tertiary/aromatic N) is 2. The molecular formula is C32H42FN3O6. The number of aryl methyl sites for hydroxylation is 2. The zero-order valence-electron chi connectivity index (χ0n) is 25.3. The first-order valence-corrected chi connectivity index (χ1v) is 14.6. The molecule has 4 rings (SSSR count). The molecule has 2 aliphatic heterocycles.